The molecule has 0 aliphatic carbocycles. The smallest absolute Gasteiger partial charge is 0.225 e. The maximum atomic E-state index is 12.2. The summed E-state index contributed by atoms with van der Waals surface area (Å²) < 4.78 is 5.24. The van der Waals surface area contributed by atoms with Gasteiger partial charge in [0.05, 0.1) is 12.8 Å². The zero-order chi connectivity index (χ0) is 16.1. The van der Waals surface area contributed by atoms with Crippen LogP contribution in [-0.4, -0.2) is 37.6 Å². The topological polar surface area (TPSA) is 41.6 Å². The molecule has 122 valence electrons. The molecule has 1 heterocycles. The van der Waals surface area contributed by atoms with Crippen molar-refractivity contribution < 1.29 is 9.53 Å². The SMILES string of the molecule is COc1ccc(Cl)cc1NC(=O)CCN1C[C@H](C)C[C@@H](C)C1. The molecule has 0 bridgehead atoms. The number of hydrogen-bond donors (Lipinski definition) is 1. The van der Waals surface area contributed by atoms with Gasteiger partial charge in [-0.1, -0.05) is 25.4 Å². The number of anilines is 1. The Morgan fingerprint density at radius 2 is 2.05 bits per heavy atom. The summed E-state index contributed by atoms with van der Waals surface area (Å²) >= 11 is 5.97. The van der Waals surface area contributed by atoms with Crippen LogP contribution in [0.1, 0.15) is 26.7 Å². The Hall–Kier alpha value is -1.26. The quantitative estimate of drug-likeness (QED) is 0.898. The molecule has 0 aromatic heterocycles. The van der Waals surface area contributed by atoms with Crippen LogP contribution in [0, 0.1) is 11.8 Å². The van der Waals surface area contributed by atoms with Gasteiger partial charge in [-0.3, -0.25) is 4.79 Å². The standard InChI is InChI=1S/C17H25ClN2O2/c1-12-8-13(2)11-20(10-12)7-6-17(21)19-15-9-14(18)4-5-16(15)22-3/h4-5,9,12-13H,6-8,10-11H2,1-3H3,(H,19,21)/t12-,13-/m1/s1. The predicted octanol–water partition coefficient (Wildman–Crippen LogP) is 3.66. The van der Waals surface area contributed by atoms with Crippen LogP contribution >= 0.6 is 11.6 Å². The molecule has 1 saturated heterocycles. The van der Waals surface area contributed by atoms with Crippen LogP contribution in [0.15, 0.2) is 18.2 Å². The van der Waals surface area contributed by atoms with Crippen LogP contribution in [0.2, 0.25) is 5.02 Å². The van der Waals surface area contributed by atoms with E-state index in [1.54, 1.807) is 25.3 Å². The van der Waals surface area contributed by atoms with E-state index in [2.05, 4.69) is 24.1 Å². The number of methoxy groups -OCH3 is 1. The average molecular weight is 325 g/mol. The molecule has 1 fully saturated rings. The van der Waals surface area contributed by atoms with Crippen molar-refractivity contribution in [1.82, 2.24) is 4.90 Å². The molecule has 4 nitrogen and oxygen atoms in total. The number of amides is 1. The highest BCUT2D eigenvalue weighted by Crippen LogP contribution is 2.28. The van der Waals surface area contributed by atoms with E-state index >= 15 is 0 Å². The van der Waals surface area contributed by atoms with Gasteiger partial charge in [0.1, 0.15) is 5.75 Å². The molecule has 0 radical (unpaired) electrons. The number of piperidine rings is 1. The van der Waals surface area contributed by atoms with Gasteiger partial charge in [0.2, 0.25) is 5.91 Å². The van der Waals surface area contributed by atoms with E-state index in [1.807, 2.05) is 0 Å². The number of carbonyl (C=O) groups is 1. The Kier molecular flexibility index (Phi) is 6.09. The lowest BCUT2D eigenvalue weighted by atomic mass is 9.92. The third-order valence-electron chi connectivity index (χ3n) is 4.04. The number of hydrogen-bond acceptors (Lipinski definition) is 3. The fourth-order valence-electron chi connectivity index (χ4n) is 3.22. The molecule has 0 spiro atoms. The number of nitrogens with zero attached hydrogens (tertiary/aromatic N) is 1. The zero-order valence-corrected chi connectivity index (χ0v) is 14.3. The molecule has 5 heteroatoms. The number of ether oxygens (including phenoxy) is 1. The van der Waals surface area contributed by atoms with Gasteiger partial charge in [0, 0.05) is 31.1 Å². The van der Waals surface area contributed by atoms with Crippen molar-refractivity contribution in [2.45, 2.75) is 26.7 Å². The second-order valence-corrected chi connectivity index (χ2v) is 6.78. The molecule has 2 atom stereocenters. The second-order valence-electron chi connectivity index (χ2n) is 6.35. The van der Waals surface area contributed by atoms with Crippen LogP contribution < -0.4 is 10.1 Å². The lowest BCUT2D eigenvalue weighted by Crippen LogP contribution is -2.40. The summed E-state index contributed by atoms with van der Waals surface area (Å²) in [7, 11) is 1.58. The molecule has 1 aliphatic heterocycles. The van der Waals surface area contributed by atoms with Crippen molar-refractivity contribution in [2.24, 2.45) is 11.8 Å². The molecule has 1 N–H and O–H groups in total. The minimum atomic E-state index is -0.00792. The zero-order valence-electron chi connectivity index (χ0n) is 13.6. The third kappa shape index (κ3) is 4.89. The molecular weight excluding hydrogens is 300 g/mol. The van der Waals surface area contributed by atoms with E-state index in [1.165, 1.54) is 6.42 Å². The predicted molar refractivity (Wildman–Crippen MR) is 90.6 cm³/mol. The van der Waals surface area contributed by atoms with Gasteiger partial charge in [-0.25, -0.2) is 0 Å². The Labute approximate surface area is 137 Å². The van der Waals surface area contributed by atoms with E-state index in [-0.39, 0.29) is 5.91 Å². The second kappa shape index (κ2) is 7.84. The van der Waals surface area contributed by atoms with Gasteiger partial charge >= 0.3 is 0 Å². The van der Waals surface area contributed by atoms with E-state index in [0.29, 0.717) is 34.7 Å². The summed E-state index contributed by atoms with van der Waals surface area (Å²) in [5.74, 6) is 2.03. The van der Waals surface area contributed by atoms with Gasteiger partial charge in [0.25, 0.3) is 0 Å². The fraction of sp³-hybridized carbons (Fsp3) is 0.588. The first-order valence-electron chi connectivity index (χ1n) is 7.83. The summed E-state index contributed by atoms with van der Waals surface area (Å²) in [6.45, 7) is 7.51. The Bertz CT molecular complexity index is 511. The Balaban J connectivity index is 1.87. The molecule has 0 saturated carbocycles. The molecule has 2 rings (SSSR count). The van der Waals surface area contributed by atoms with Crippen molar-refractivity contribution in [2.75, 3.05) is 32.1 Å². The molecular formula is C17H25ClN2O2. The third-order valence-corrected chi connectivity index (χ3v) is 4.27. The summed E-state index contributed by atoms with van der Waals surface area (Å²) in [6.07, 6.45) is 1.76. The monoisotopic (exact) mass is 324 g/mol. The molecule has 1 aromatic rings. The summed E-state index contributed by atoms with van der Waals surface area (Å²) in [5.41, 5.74) is 0.625. The molecule has 22 heavy (non-hydrogen) atoms. The lowest BCUT2D eigenvalue weighted by Gasteiger charge is -2.34. The maximum Gasteiger partial charge on any atom is 0.225 e. The Morgan fingerprint density at radius 1 is 1.36 bits per heavy atom. The van der Waals surface area contributed by atoms with E-state index in [9.17, 15) is 4.79 Å². The van der Waals surface area contributed by atoms with Gasteiger partial charge in [-0.15, -0.1) is 0 Å². The first-order valence-corrected chi connectivity index (χ1v) is 8.21. The van der Waals surface area contributed by atoms with Crippen LogP contribution in [0.4, 0.5) is 5.69 Å². The van der Waals surface area contributed by atoms with Crippen molar-refractivity contribution in [3.05, 3.63) is 23.2 Å². The van der Waals surface area contributed by atoms with Gasteiger partial charge in [-0.2, -0.15) is 0 Å². The largest absolute Gasteiger partial charge is 0.495 e. The van der Waals surface area contributed by atoms with Crippen LogP contribution in [0.3, 0.4) is 0 Å². The molecule has 0 unspecified atom stereocenters. The molecule has 1 aromatic carbocycles. The molecule has 1 aliphatic rings. The van der Waals surface area contributed by atoms with E-state index in [4.69, 9.17) is 16.3 Å². The first kappa shape index (κ1) is 17.1. The highest BCUT2D eigenvalue weighted by Gasteiger charge is 2.22. The number of halogens is 1. The van der Waals surface area contributed by atoms with Gasteiger partial charge in [0.15, 0.2) is 0 Å². The van der Waals surface area contributed by atoms with Crippen molar-refractivity contribution in [1.29, 1.82) is 0 Å². The van der Waals surface area contributed by atoms with E-state index < -0.39 is 0 Å². The van der Waals surface area contributed by atoms with E-state index in [0.717, 1.165) is 19.6 Å². The summed E-state index contributed by atoms with van der Waals surface area (Å²) in [5, 5.41) is 3.47. The van der Waals surface area contributed by atoms with Crippen molar-refractivity contribution >= 4 is 23.2 Å². The Morgan fingerprint density at radius 3 is 2.68 bits per heavy atom. The van der Waals surface area contributed by atoms with Crippen LogP contribution in [0.25, 0.3) is 0 Å². The van der Waals surface area contributed by atoms with Crippen LogP contribution in [-0.2, 0) is 4.79 Å². The van der Waals surface area contributed by atoms with Crippen LogP contribution in [0.5, 0.6) is 5.75 Å². The normalized spacial score (nSPS) is 22.4. The van der Waals surface area contributed by atoms with Gasteiger partial charge < -0.3 is 15.0 Å². The number of likely N-dealkylation sites (tertiary alicyclic amines) is 1. The maximum absolute atomic E-state index is 12.2. The fourth-order valence-corrected chi connectivity index (χ4v) is 3.40. The number of rotatable bonds is 5. The number of nitrogens with one attached hydrogen (secondary N) is 1. The minimum absolute atomic E-state index is 0.00792. The van der Waals surface area contributed by atoms with Crippen molar-refractivity contribution in [3.63, 3.8) is 0 Å². The van der Waals surface area contributed by atoms with Gasteiger partial charge in [-0.05, 0) is 36.5 Å². The first-order chi connectivity index (χ1) is 10.5. The molecule has 1 amide bonds. The highest BCUT2D eigenvalue weighted by atomic mass is 35.5. The summed E-state index contributed by atoms with van der Waals surface area (Å²) in [4.78, 5) is 14.5. The number of benzene rings is 1. The highest BCUT2D eigenvalue weighted by molar-refractivity contribution is 6.31. The average Bonchev–Trinajstić information content (AvgIpc) is 2.44. The summed E-state index contributed by atoms with van der Waals surface area (Å²) in [6, 6.07) is 5.21. The van der Waals surface area contributed by atoms with Crippen molar-refractivity contribution in [3.8, 4) is 5.75 Å². The minimum Gasteiger partial charge on any atom is -0.495 e. The number of carbonyl (C=O) groups excluding carboxylic acids is 1. The lowest BCUT2D eigenvalue weighted by molar-refractivity contribution is -0.116.